The first-order valence-electron chi connectivity index (χ1n) is 12.7. The molecule has 0 aromatic heterocycles. The maximum atomic E-state index is 13.1. The number of carbonyl (C=O) groups is 3. The summed E-state index contributed by atoms with van der Waals surface area (Å²) in [5.74, 6) is -0.345. The summed E-state index contributed by atoms with van der Waals surface area (Å²) in [5.41, 5.74) is 3.18. The second-order valence-corrected chi connectivity index (χ2v) is 9.70. The van der Waals surface area contributed by atoms with E-state index in [2.05, 4.69) is 16.0 Å². The van der Waals surface area contributed by atoms with Gasteiger partial charge >= 0.3 is 0 Å². The molecular weight excluding hydrogens is 440 g/mol. The second-order valence-electron chi connectivity index (χ2n) is 9.70. The van der Waals surface area contributed by atoms with Gasteiger partial charge in [0, 0.05) is 32.0 Å². The highest BCUT2D eigenvalue weighted by Crippen LogP contribution is 2.20. The van der Waals surface area contributed by atoms with Gasteiger partial charge in [0.1, 0.15) is 6.04 Å². The zero-order valence-corrected chi connectivity index (χ0v) is 20.5. The normalized spacial score (nSPS) is 19.2. The third-order valence-corrected chi connectivity index (χ3v) is 7.04. The van der Waals surface area contributed by atoms with Crippen LogP contribution in [0.2, 0.25) is 0 Å². The van der Waals surface area contributed by atoms with Crippen LogP contribution >= 0.6 is 0 Å². The summed E-state index contributed by atoms with van der Waals surface area (Å²) in [7, 11) is 0. The van der Waals surface area contributed by atoms with Crippen molar-refractivity contribution in [1.29, 1.82) is 0 Å². The highest BCUT2D eigenvalue weighted by Gasteiger charge is 2.33. The Hall–Kier alpha value is -3.19. The van der Waals surface area contributed by atoms with Gasteiger partial charge in [-0.25, -0.2) is 0 Å². The van der Waals surface area contributed by atoms with Crippen molar-refractivity contribution in [1.82, 2.24) is 20.9 Å². The van der Waals surface area contributed by atoms with Crippen LogP contribution in [0.5, 0.6) is 0 Å². The van der Waals surface area contributed by atoms with Gasteiger partial charge in [-0.3, -0.25) is 14.4 Å². The van der Waals surface area contributed by atoms with Crippen molar-refractivity contribution in [3.8, 4) is 0 Å². The SMILES string of the molecule is Cc1ccc(CNC(=O)C(Cc2ccccc2)NC(=O)C2CCN(C(=O)C3CCCN3)CC2)cc1. The quantitative estimate of drug-likeness (QED) is 0.546. The van der Waals surface area contributed by atoms with E-state index in [-0.39, 0.29) is 29.7 Å². The number of piperidine rings is 1. The second kappa shape index (κ2) is 12.0. The smallest absolute Gasteiger partial charge is 0.243 e. The van der Waals surface area contributed by atoms with E-state index in [4.69, 9.17) is 0 Å². The van der Waals surface area contributed by atoms with Crippen molar-refractivity contribution < 1.29 is 14.4 Å². The molecule has 7 heteroatoms. The lowest BCUT2D eigenvalue weighted by molar-refractivity contribution is -0.137. The van der Waals surface area contributed by atoms with Crippen LogP contribution in [0, 0.1) is 12.8 Å². The number of hydrogen-bond donors (Lipinski definition) is 3. The minimum Gasteiger partial charge on any atom is -0.350 e. The molecule has 35 heavy (non-hydrogen) atoms. The Morgan fingerprint density at radius 1 is 0.971 bits per heavy atom. The molecule has 0 saturated carbocycles. The van der Waals surface area contributed by atoms with Crippen molar-refractivity contribution in [3.05, 3.63) is 71.3 Å². The number of hydrogen-bond acceptors (Lipinski definition) is 4. The third kappa shape index (κ3) is 6.92. The minimum absolute atomic E-state index is 0.0761. The molecule has 2 aliphatic heterocycles. The van der Waals surface area contributed by atoms with E-state index < -0.39 is 6.04 Å². The molecule has 2 atom stereocenters. The molecule has 2 aliphatic rings. The van der Waals surface area contributed by atoms with Crippen molar-refractivity contribution in [2.75, 3.05) is 19.6 Å². The fraction of sp³-hybridized carbons (Fsp3) is 0.464. The van der Waals surface area contributed by atoms with E-state index in [1.165, 1.54) is 5.56 Å². The summed E-state index contributed by atoms with van der Waals surface area (Å²) in [5, 5.41) is 9.26. The van der Waals surface area contributed by atoms with E-state index in [9.17, 15) is 14.4 Å². The number of nitrogens with zero attached hydrogens (tertiary/aromatic N) is 1. The monoisotopic (exact) mass is 476 g/mol. The van der Waals surface area contributed by atoms with Crippen LogP contribution in [0.3, 0.4) is 0 Å². The number of rotatable bonds is 8. The Morgan fingerprint density at radius 2 is 1.69 bits per heavy atom. The molecule has 2 aromatic carbocycles. The van der Waals surface area contributed by atoms with Crippen molar-refractivity contribution in [2.45, 2.75) is 57.7 Å². The Balaban J connectivity index is 1.34. The molecule has 7 nitrogen and oxygen atoms in total. The first-order valence-corrected chi connectivity index (χ1v) is 12.7. The third-order valence-electron chi connectivity index (χ3n) is 7.04. The summed E-state index contributed by atoms with van der Waals surface area (Å²) >= 11 is 0. The molecule has 0 aliphatic carbocycles. The van der Waals surface area contributed by atoms with Crippen LogP contribution in [0.1, 0.15) is 42.4 Å². The van der Waals surface area contributed by atoms with Gasteiger partial charge in [-0.2, -0.15) is 0 Å². The van der Waals surface area contributed by atoms with Gasteiger partial charge in [0.05, 0.1) is 6.04 Å². The van der Waals surface area contributed by atoms with E-state index in [1.54, 1.807) is 0 Å². The average molecular weight is 477 g/mol. The Kier molecular flexibility index (Phi) is 8.53. The zero-order chi connectivity index (χ0) is 24.6. The van der Waals surface area contributed by atoms with Crippen molar-refractivity contribution in [2.24, 2.45) is 5.92 Å². The molecule has 186 valence electrons. The molecule has 2 fully saturated rings. The maximum absolute atomic E-state index is 13.1. The van der Waals surface area contributed by atoms with Crippen LogP contribution in [0.25, 0.3) is 0 Å². The first-order chi connectivity index (χ1) is 17.0. The van der Waals surface area contributed by atoms with Gasteiger partial charge in [0.15, 0.2) is 0 Å². The van der Waals surface area contributed by atoms with E-state index in [0.29, 0.717) is 38.9 Å². The minimum atomic E-state index is -0.655. The molecule has 3 amide bonds. The van der Waals surface area contributed by atoms with Gasteiger partial charge in [-0.1, -0.05) is 60.2 Å². The Bertz CT molecular complexity index is 995. The van der Waals surface area contributed by atoms with Gasteiger partial charge < -0.3 is 20.9 Å². The van der Waals surface area contributed by atoms with Gasteiger partial charge in [0.2, 0.25) is 17.7 Å². The molecule has 2 saturated heterocycles. The summed E-state index contributed by atoms with van der Waals surface area (Å²) in [6.45, 7) is 4.50. The fourth-order valence-corrected chi connectivity index (χ4v) is 4.84. The molecule has 4 rings (SSSR count). The number of benzene rings is 2. The number of aryl methyl sites for hydroxylation is 1. The molecule has 2 heterocycles. The number of carbonyl (C=O) groups excluding carboxylic acids is 3. The highest BCUT2D eigenvalue weighted by atomic mass is 16.2. The molecule has 2 aromatic rings. The van der Waals surface area contributed by atoms with Crippen LogP contribution < -0.4 is 16.0 Å². The van der Waals surface area contributed by atoms with Crippen LogP contribution in [0.15, 0.2) is 54.6 Å². The molecule has 0 radical (unpaired) electrons. The topological polar surface area (TPSA) is 90.5 Å². The lowest BCUT2D eigenvalue weighted by Gasteiger charge is -2.33. The van der Waals surface area contributed by atoms with Crippen LogP contribution in [0.4, 0.5) is 0 Å². The highest BCUT2D eigenvalue weighted by molar-refractivity contribution is 5.89. The fourth-order valence-electron chi connectivity index (χ4n) is 4.84. The van der Waals surface area contributed by atoms with Crippen LogP contribution in [-0.2, 0) is 27.3 Å². The Labute approximate surface area is 207 Å². The molecule has 3 N–H and O–H groups in total. The maximum Gasteiger partial charge on any atom is 0.243 e. The molecule has 0 spiro atoms. The lowest BCUT2D eigenvalue weighted by Crippen LogP contribution is -2.52. The number of nitrogens with one attached hydrogen (secondary N) is 3. The van der Waals surface area contributed by atoms with Crippen molar-refractivity contribution in [3.63, 3.8) is 0 Å². The van der Waals surface area contributed by atoms with E-state index in [0.717, 1.165) is 30.5 Å². The number of amides is 3. The molecule has 0 bridgehead atoms. The van der Waals surface area contributed by atoms with E-state index in [1.807, 2.05) is 66.4 Å². The number of likely N-dealkylation sites (tertiary alicyclic amines) is 1. The zero-order valence-electron chi connectivity index (χ0n) is 20.5. The largest absolute Gasteiger partial charge is 0.350 e. The summed E-state index contributed by atoms with van der Waals surface area (Å²) in [6.07, 6.45) is 3.58. The van der Waals surface area contributed by atoms with Gasteiger partial charge in [-0.15, -0.1) is 0 Å². The van der Waals surface area contributed by atoms with Gasteiger partial charge in [0.25, 0.3) is 0 Å². The predicted octanol–water partition coefficient (Wildman–Crippen LogP) is 2.33. The standard InChI is InChI=1S/C28H36N4O3/c1-20-9-11-22(12-10-20)19-30-27(34)25(18-21-6-3-2-4-7-21)31-26(33)23-13-16-32(17-14-23)28(35)24-8-5-15-29-24/h2-4,6-7,9-12,23-25,29H,5,8,13-19H2,1H3,(H,30,34)(H,31,33). The molecule has 2 unspecified atom stereocenters. The Morgan fingerprint density at radius 3 is 2.34 bits per heavy atom. The summed E-state index contributed by atoms with van der Waals surface area (Å²) in [4.78, 5) is 40.8. The average Bonchev–Trinajstić information content (AvgIpc) is 3.43. The predicted molar refractivity (Wildman–Crippen MR) is 135 cm³/mol. The van der Waals surface area contributed by atoms with Crippen molar-refractivity contribution >= 4 is 17.7 Å². The summed E-state index contributed by atoms with van der Waals surface area (Å²) < 4.78 is 0. The van der Waals surface area contributed by atoms with Crippen LogP contribution in [-0.4, -0.2) is 54.3 Å². The molecular formula is C28H36N4O3. The van der Waals surface area contributed by atoms with E-state index >= 15 is 0 Å². The first kappa shape index (κ1) is 24.9. The van der Waals surface area contributed by atoms with Gasteiger partial charge in [-0.05, 0) is 50.3 Å². The summed E-state index contributed by atoms with van der Waals surface area (Å²) in [6, 6.07) is 17.0. The lowest BCUT2D eigenvalue weighted by atomic mass is 9.94.